The van der Waals surface area contributed by atoms with Gasteiger partial charge in [-0.05, 0) is 25.7 Å². The maximum absolute atomic E-state index is 8.36. The number of carbonyl (C=O) groups is 1. The summed E-state index contributed by atoms with van der Waals surface area (Å²) in [5, 5.41) is 7.57. The zero-order valence-corrected chi connectivity index (χ0v) is 11.4. The molecule has 1 atom stereocenters. The van der Waals surface area contributed by atoms with E-state index in [9.17, 15) is 0 Å². The van der Waals surface area contributed by atoms with Crippen LogP contribution in [0.5, 0.6) is 0 Å². The number of carboxylic acid groups (broad SMARTS) is 1. The monoisotopic (exact) mass is 282 g/mol. The zero-order valence-electron chi connectivity index (χ0n) is 10.6. The third kappa shape index (κ3) is 4.36. The van der Waals surface area contributed by atoms with Crippen LogP contribution in [-0.2, 0) is 11.2 Å². The number of fused-ring (bicyclic) bond motifs is 1. The number of aromatic nitrogens is 1. The number of hydrogen-bond acceptors (Lipinski definition) is 4. The van der Waals surface area contributed by atoms with Crippen LogP contribution in [0.1, 0.15) is 35.8 Å². The van der Waals surface area contributed by atoms with Crippen molar-refractivity contribution in [2.45, 2.75) is 31.6 Å². The minimum Gasteiger partial charge on any atom is -0.483 e. The Hall–Kier alpha value is -1.89. The minimum absolute atomic E-state index is 0.0753. The number of allylic oxidation sites excluding steroid dienone is 1. The molecule has 7 heteroatoms. The Morgan fingerprint density at radius 1 is 1.63 bits per heavy atom. The molecule has 1 aromatic heterocycles. The summed E-state index contributed by atoms with van der Waals surface area (Å²) in [7, 11) is 0. The highest BCUT2D eigenvalue weighted by molar-refractivity contribution is 7.15. The lowest BCUT2D eigenvalue weighted by atomic mass is 9.89. The molecule has 0 bridgehead atoms. The number of thiazole rings is 1. The maximum atomic E-state index is 8.36. The van der Waals surface area contributed by atoms with E-state index in [0.717, 1.165) is 12.8 Å². The highest BCUT2D eigenvalue weighted by Crippen LogP contribution is 2.39. The average molecular weight is 282 g/mol. The molecule has 1 aliphatic rings. The molecule has 0 amide bonds. The first-order valence-corrected chi connectivity index (χ1v) is 6.72. The summed E-state index contributed by atoms with van der Waals surface area (Å²) in [5.41, 5.74) is 11.9. The lowest BCUT2D eigenvalue weighted by molar-refractivity contribution is -0.122. The fourth-order valence-electron chi connectivity index (χ4n) is 2.08. The molecule has 0 aliphatic heterocycles. The van der Waals surface area contributed by atoms with Gasteiger partial charge in [0.2, 0.25) is 5.13 Å². The fraction of sp³-hybridized carbons (Fsp3) is 0.417. The molecule has 104 valence electrons. The number of rotatable bonds is 3. The van der Waals surface area contributed by atoms with Crippen molar-refractivity contribution in [1.29, 1.82) is 0 Å². The Bertz CT molecular complexity index is 466. The van der Waals surface area contributed by atoms with Crippen LogP contribution in [0.4, 0.5) is 5.13 Å². The molecular formula is C12H18N4O2S. The predicted octanol–water partition coefficient (Wildman–Crippen LogP) is 1.74. The van der Waals surface area contributed by atoms with E-state index in [-0.39, 0.29) is 12.4 Å². The molecule has 1 aliphatic carbocycles. The van der Waals surface area contributed by atoms with Gasteiger partial charge in [0, 0.05) is 10.8 Å². The van der Waals surface area contributed by atoms with E-state index in [1.165, 1.54) is 23.4 Å². The number of nitrogens with zero attached hydrogens (tertiary/aromatic N) is 2. The zero-order chi connectivity index (χ0) is 14.3. The van der Waals surface area contributed by atoms with Crippen molar-refractivity contribution >= 4 is 28.9 Å². The third-order valence-corrected chi connectivity index (χ3v) is 3.76. The van der Waals surface area contributed by atoms with E-state index in [1.807, 2.05) is 6.08 Å². The van der Waals surface area contributed by atoms with E-state index in [1.54, 1.807) is 11.3 Å². The fourth-order valence-corrected chi connectivity index (χ4v) is 3.16. The lowest BCUT2D eigenvalue weighted by Gasteiger charge is -2.19. The summed E-state index contributed by atoms with van der Waals surface area (Å²) in [6.45, 7) is 3.54. The molecular weight excluding hydrogens is 264 g/mol. The molecule has 1 unspecified atom stereocenters. The van der Waals surface area contributed by atoms with Crippen LogP contribution in [-0.4, -0.2) is 22.5 Å². The topological polar surface area (TPSA) is 115 Å². The van der Waals surface area contributed by atoms with E-state index in [0.29, 0.717) is 11.0 Å². The van der Waals surface area contributed by atoms with Crippen LogP contribution >= 0.6 is 11.3 Å². The number of hydrogen-bond donors (Lipinski definition) is 3. The molecule has 1 heterocycles. The predicted molar refractivity (Wildman–Crippen MR) is 76.8 cm³/mol. The Morgan fingerprint density at radius 3 is 2.89 bits per heavy atom. The number of guanidine groups is 1. The van der Waals surface area contributed by atoms with Crippen molar-refractivity contribution < 1.29 is 9.90 Å². The SMILES string of the molecule is C=CCC1CCCc2sc(N=C(N)N)nc21.O=CO. The molecule has 0 aromatic carbocycles. The number of aryl methyl sites for hydroxylation is 1. The highest BCUT2D eigenvalue weighted by atomic mass is 32.1. The molecule has 0 spiro atoms. The standard InChI is InChI=1S/C11H16N4S.CH2O2/c1-2-4-7-5-3-6-8-9(7)14-11(16-8)15-10(12)13;2-1-3/h2,7H,1,3-6H2,(H4,12,13,14,15);1H,(H,2,3). The molecule has 19 heavy (non-hydrogen) atoms. The second-order valence-electron chi connectivity index (χ2n) is 4.06. The van der Waals surface area contributed by atoms with Crippen LogP contribution < -0.4 is 11.5 Å². The van der Waals surface area contributed by atoms with Gasteiger partial charge >= 0.3 is 0 Å². The highest BCUT2D eigenvalue weighted by Gasteiger charge is 2.23. The van der Waals surface area contributed by atoms with Gasteiger partial charge in [-0.1, -0.05) is 17.4 Å². The summed E-state index contributed by atoms with van der Waals surface area (Å²) in [4.78, 5) is 18.2. The van der Waals surface area contributed by atoms with Gasteiger partial charge in [0.1, 0.15) is 0 Å². The third-order valence-electron chi connectivity index (χ3n) is 2.74. The molecule has 6 nitrogen and oxygen atoms in total. The van der Waals surface area contributed by atoms with Crippen LogP contribution in [0.15, 0.2) is 17.6 Å². The van der Waals surface area contributed by atoms with E-state index in [2.05, 4.69) is 16.6 Å². The smallest absolute Gasteiger partial charge is 0.290 e. The second kappa shape index (κ2) is 7.52. The van der Waals surface area contributed by atoms with Gasteiger partial charge in [-0.15, -0.1) is 6.58 Å². The van der Waals surface area contributed by atoms with Crippen LogP contribution in [0, 0.1) is 0 Å². The second-order valence-corrected chi connectivity index (χ2v) is 5.12. The Kier molecular flexibility index (Phi) is 6.01. The van der Waals surface area contributed by atoms with Crippen molar-refractivity contribution in [2.24, 2.45) is 16.5 Å². The minimum atomic E-state index is -0.250. The molecule has 2 rings (SSSR count). The Balaban J connectivity index is 0.000000550. The summed E-state index contributed by atoms with van der Waals surface area (Å²) >= 11 is 1.60. The van der Waals surface area contributed by atoms with E-state index < -0.39 is 0 Å². The van der Waals surface area contributed by atoms with Gasteiger partial charge in [0.25, 0.3) is 6.47 Å². The van der Waals surface area contributed by atoms with E-state index >= 15 is 0 Å². The summed E-state index contributed by atoms with van der Waals surface area (Å²) in [6.07, 6.45) is 6.44. The molecule has 0 fully saturated rings. The maximum Gasteiger partial charge on any atom is 0.290 e. The quantitative estimate of drug-likeness (QED) is 0.338. The normalized spacial score (nSPS) is 16.5. The first-order chi connectivity index (χ1) is 9.12. The molecule has 1 aromatic rings. The van der Waals surface area contributed by atoms with Gasteiger partial charge in [0.15, 0.2) is 5.96 Å². The molecule has 5 N–H and O–H groups in total. The Labute approximate surface area is 115 Å². The summed E-state index contributed by atoms with van der Waals surface area (Å²) in [6, 6.07) is 0. The molecule has 0 radical (unpaired) electrons. The summed E-state index contributed by atoms with van der Waals surface area (Å²) < 4.78 is 0. The van der Waals surface area contributed by atoms with Crippen LogP contribution in [0.2, 0.25) is 0 Å². The van der Waals surface area contributed by atoms with Gasteiger partial charge in [-0.3, -0.25) is 4.79 Å². The first-order valence-electron chi connectivity index (χ1n) is 5.90. The van der Waals surface area contributed by atoms with E-state index in [4.69, 9.17) is 21.4 Å². The van der Waals surface area contributed by atoms with Gasteiger partial charge in [0.05, 0.1) is 5.69 Å². The van der Waals surface area contributed by atoms with Gasteiger partial charge in [-0.2, -0.15) is 4.99 Å². The van der Waals surface area contributed by atoms with Crippen molar-refractivity contribution in [3.63, 3.8) is 0 Å². The average Bonchev–Trinajstić information content (AvgIpc) is 2.73. The van der Waals surface area contributed by atoms with Crippen LogP contribution in [0.3, 0.4) is 0 Å². The van der Waals surface area contributed by atoms with Crippen molar-refractivity contribution in [3.05, 3.63) is 23.2 Å². The van der Waals surface area contributed by atoms with Crippen molar-refractivity contribution in [3.8, 4) is 0 Å². The largest absolute Gasteiger partial charge is 0.483 e. The van der Waals surface area contributed by atoms with Crippen molar-refractivity contribution in [2.75, 3.05) is 0 Å². The Morgan fingerprint density at radius 2 is 2.32 bits per heavy atom. The molecule has 0 saturated heterocycles. The van der Waals surface area contributed by atoms with Gasteiger partial charge in [-0.25, -0.2) is 4.98 Å². The molecule has 0 saturated carbocycles. The number of nitrogens with two attached hydrogens (primary N) is 2. The lowest BCUT2D eigenvalue weighted by Crippen LogP contribution is -2.21. The first kappa shape index (κ1) is 15.2. The van der Waals surface area contributed by atoms with Crippen LogP contribution in [0.25, 0.3) is 0 Å². The summed E-state index contributed by atoms with van der Waals surface area (Å²) in [5.74, 6) is 0.576. The van der Waals surface area contributed by atoms with Crippen molar-refractivity contribution in [1.82, 2.24) is 4.98 Å². The van der Waals surface area contributed by atoms with Gasteiger partial charge < -0.3 is 16.6 Å². The number of aliphatic imine (C=N–C) groups is 1.